The van der Waals surface area contributed by atoms with Gasteiger partial charge in [-0.3, -0.25) is 9.36 Å². The summed E-state index contributed by atoms with van der Waals surface area (Å²) in [5.41, 5.74) is 0. The second kappa shape index (κ2) is 5.03. The predicted molar refractivity (Wildman–Crippen MR) is 72.4 cm³/mol. The standard InChI is InChI=1S/C12H18N4O2S/c1-15-11(13-14-12(15)19-7-10(17)18)16-5-8-3-2-4-9(8)6-16/h8-9H,2-7H2,1H3,(H,17,18). The Morgan fingerprint density at radius 3 is 2.68 bits per heavy atom. The number of carbonyl (C=O) groups is 1. The summed E-state index contributed by atoms with van der Waals surface area (Å²) in [6.07, 6.45) is 4.03. The summed E-state index contributed by atoms with van der Waals surface area (Å²) >= 11 is 1.22. The molecule has 2 aliphatic rings. The highest BCUT2D eigenvalue weighted by Crippen LogP contribution is 2.39. The Morgan fingerprint density at radius 2 is 2.05 bits per heavy atom. The second-order valence-electron chi connectivity index (χ2n) is 5.38. The molecule has 0 radical (unpaired) electrons. The van der Waals surface area contributed by atoms with Crippen LogP contribution in [0.15, 0.2) is 5.16 Å². The van der Waals surface area contributed by atoms with Gasteiger partial charge >= 0.3 is 5.97 Å². The van der Waals surface area contributed by atoms with E-state index in [1.165, 1.54) is 31.0 Å². The molecule has 1 aliphatic heterocycles. The molecule has 0 amide bonds. The quantitative estimate of drug-likeness (QED) is 0.838. The summed E-state index contributed by atoms with van der Waals surface area (Å²) in [5.74, 6) is 1.70. The molecule has 0 bridgehead atoms. The normalized spacial score (nSPS) is 25.8. The van der Waals surface area contributed by atoms with Gasteiger partial charge in [0, 0.05) is 20.1 Å². The Balaban J connectivity index is 1.70. The number of nitrogens with zero attached hydrogens (tertiary/aromatic N) is 4. The molecule has 2 fully saturated rings. The van der Waals surface area contributed by atoms with Gasteiger partial charge in [0.2, 0.25) is 5.95 Å². The van der Waals surface area contributed by atoms with Crippen LogP contribution in [0.1, 0.15) is 19.3 Å². The minimum absolute atomic E-state index is 0.0250. The first-order valence-corrected chi connectivity index (χ1v) is 7.62. The van der Waals surface area contributed by atoms with Gasteiger partial charge in [0.15, 0.2) is 5.16 Å². The average Bonchev–Trinajstić information content (AvgIpc) is 2.99. The summed E-state index contributed by atoms with van der Waals surface area (Å²) in [5, 5.41) is 17.7. The number of anilines is 1. The van der Waals surface area contributed by atoms with E-state index in [0.29, 0.717) is 5.16 Å². The summed E-state index contributed by atoms with van der Waals surface area (Å²) in [7, 11) is 1.91. The summed E-state index contributed by atoms with van der Waals surface area (Å²) < 4.78 is 1.91. The number of fused-ring (bicyclic) bond motifs is 1. The first kappa shape index (κ1) is 12.8. The van der Waals surface area contributed by atoms with E-state index in [-0.39, 0.29) is 5.75 Å². The Morgan fingerprint density at radius 1 is 1.37 bits per heavy atom. The molecule has 19 heavy (non-hydrogen) atoms. The summed E-state index contributed by atoms with van der Waals surface area (Å²) in [6.45, 7) is 2.14. The van der Waals surface area contributed by atoms with Crippen molar-refractivity contribution in [1.29, 1.82) is 0 Å². The number of carboxylic acid groups (broad SMARTS) is 1. The number of hydrogen-bond donors (Lipinski definition) is 1. The minimum Gasteiger partial charge on any atom is -0.481 e. The van der Waals surface area contributed by atoms with Crippen LogP contribution in [0.4, 0.5) is 5.95 Å². The largest absolute Gasteiger partial charge is 0.481 e. The molecule has 1 aromatic rings. The van der Waals surface area contributed by atoms with Gasteiger partial charge in [-0.1, -0.05) is 18.2 Å². The van der Waals surface area contributed by atoms with Gasteiger partial charge in [0.25, 0.3) is 0 Å². The summed E-state index contributed by atoms with van der Waals surface area (Å²) in [4.78, 5) is 12.9. The highest BCUT2D eigenvalue weighted by molar-refractivity contribution is 7.99. The highest BCUT2D eigenvalue weighted by atomic mass is 32.2. The topological polar surface area (TPSA) is 71.2 Å². The zero-order chi connectivity index (χ0) is 13.4. The van der Waals surface area contributed by atoms with Gasteiger partial charge in [-0.05, 0) is 24.7 Å². The van der Waals surface area contributed by atoms with E-state index in [0.717, 1.165) is 30.9 Å². The van der Waals surface area contributed by atoms with E-state index in [1.807, 2.05) is 11.6 Å². The van der Waals surface area contributed by atoms with Crippen LogP contribution in [0.5, 0.6) is 0 Å². The van der Waals surface area contributed by atoms with E-state index >= 15 is 0 Å². The number of carboxylic acids is 1. The van der Waals surface area contributed by atoms with Crippen LogP contribution >= 0.6 is 11.8 Å². The van der Waals surface area contributed by atoms with Crippen molar-refractivity contribution in [2.75, 3.05) is 23.7 Å². The second-order valence-corrected chi connectivity index (χ2v) is 6.32. The van der Waals surface area contributed by atoms with E-state index in [9.17, 15) is 4.79 Å². The van der Waals surface area contributed by atoms with Crippen molar-refractivity contribution in [3.05, 3.63) is 0 Å². The van der Waals surface area contributed by atoms with Gasteiger partial charge in [0.05, 0.1) is 5.75 Å². The first-order valence-electron chi connectivity index (χ1n) is 6.64. The number of thioether (sulfide) groups is 1. The molecule has 2 atom stereocenters. The third-order valence-electron chi connectivity index (χ3n) is 4.15. The van der Waals surface area contributed by atoms with E-state index in [1.54, 1.807) is 0 Å². The molecule has 2 unspecified atom stereocenters. The molecule has 1 saturated carbocycles. The lowest BCUT2D eigenvalue weighted by Crippen LogP contribution is -2.24. The van der Waals surface area contributed by atoms with Gasteiger partial charge in [0.1, 0.15) is 0 Å². The number of aromatic nitrogens is 3. The van der Waals surface area contributed by atoms with Crippen molar-refractivity contribution >= 4 is 23.7 Å². The van der Waals surface area contributed by atoms with Gasteiger partial charge in [-0.15, -0.1) is 10.2 Å². The minimum atomic E-state index is -0.828. The van der Waals surface area contributed by atoms with Crippen LogP contribution < -0.4 is 4.90 Å². The van der Waals surface area contributed by atoms with Crippen molar-refractivity contribution < 1.29 is 9.90 Å². The smallest absolute Gasteiger partial charge is 0.313 e. The van der Waals surface area contributed by atoms with Crippen LogP contribution in [-0.4, -0.2) is 44.7 Å². The molecule has 1 N–H and O–H groups in total. The van der Waals surface area contributed by atoms with Crippen LogP contribution in [-0.2, 0) is 11.8 Å². The maximum atomic E-state index is 10.6. The maximum Gasteiger partial charge on any atom is 0.313 e. The van der Waals surface area contributed by atoms with Crippen LogP contribution in [0.25, 0.3) is 0 Å². The molecule has 1 aromatic heterocycles. The molecule has 0 aromatic carbocycles. The first-order chi connectivity index (χ1) is 9.15. The third-order valence-corrected chi connectivity index (χ3v) is 5.15. The SMILES string of the molecule is Cn1c(SCC(=O)O)nnc1N1CC2CCCC2C1. The van der Waals surface area contributed by atoms with Crippen LogP contribution in [0.2, 0.25) is 0 Å². The highest BCUT2D eigenvalue weighted by Gasteiger charge is 2.37. The van der Waals surface area contributed by atoms with Crippen molar-refractivity contribution in [3.63, 3.8) is 0 Å². The summed E-state index contributed by atoms with van der Waals surface area (Å²) in [6, 6.07) is 0. The molecular weight excluding hydrogens is 264 g/mol. The molecule has 3 rings (SSSR count). The molecule has 6 nitrogen and oxygen atoms in total. The Hall–Kier alpha value is -1.24. The molecule has 7 heteroatoms. The lowest BCUT2D eigenvalue weighted by Gasteiger charge is -2.17. The molecule has 104 valence electrons. The molecule has 1 aliphatic carbocycles. The molecule has 2 heterocycles. The maximum absolute atomic E-state index is 10.6. The van der Waals surface area contributed by atoms with E-state index in [4.69, 9.17) is 5.11 Å². The Labute approximate surface area is 116 Å². The monoisotopic (exact) mass is 282 g/mol. The Kier molecular flexibility index (Phi) is 3.38. The van der Waals surface area contributed by atoms with Crippen LogP contribution in [0.3, 0.4) is 0 Å². The fourth-order valence-electron chi connectivity index (χ4n) is 3.23. The van der Waals surface area contributed by atoms with Gasteiger partial charge in [-0.2, -0.15) is 0 Å². The number of hydrogen-bond acceptors (Lipinski definition) is 5. The van der Waals surface area contributed by atoms with Gasteiger partial charge in [-0.25, -0.2) is 0 Å². The van der Waals surface area contributed by atoms with E-state index in [2.05, 4.69) is 15.1 Å². The fraction of sp³-hybridized carbons (Fsp3) is 0.750. The lowest BCUT2D eigenvalue weighted by molar-refractivity contribution is -0.133. The number of aliphatic carboxylic acids is 1. The van der Waals surface area contributed by atoms with Crippen molar-refractivity contribution in [2.24, 2.45) is 18.9 Å². The van der Waals surface area contributed by atoms with Crippen molar-refractivity contribution in [1.82, 2.24) is 14.8 Å². The molecule has 0 spiro atoms. The molecular formula is C12H18N4O2S. The molecule has 1 saturated heterocycles. The van der Waals surface area contributed by atoms with E-state index < -0.39 is 5.97 Å². The number of rotatable bonds is 4. The predicted octanol–water partition coefficient (Wildman–Crippen LogP) is 1.23. The fourth-order valence-corrected chi connectivity index (χ4v) is 3.86. The van der Waals surface area contributed by atoms with Gasteiger partial charge < -0.3 is 10.0 Å². The lowest BCUT2D eigenvalue weighted by atomic mass is 10.0. The zero-order valence-electron chi connectivity index (χ0n) is 10.9. The van der Waals surface area contributed by atoms with Crippen molar-refractivity contribution in [3.8, 4) is 0 Å². The van der Waals surface area contributed by atoms with Crippen LogP contribution in [0, 0.1) is 11.8 Å². The van der Waals surface area contributed by atoms with Crippen molar-refractivity contribution in [2.45, 2.75) is 24.4 Å². The Bertz CT molecular complexity index is 478. The third kappa shape index (κ3) is 2.43. The average molecular weight is 282 g/mol. The zero-order valence-corrected chi connectivity index (χ0v) is 11.8.